The SMILES string of the molecule is COC(CN1CCOc2ccccc2C1=O)OC. The van der Waals surface area contributed by atoms with Crippen molar-refractivity contribution in [1.29, 1.82) is 0 Å². The Hall–Kier alpha value is -1.59. The summed E-state index contributed by atoms with van der Waals surface area (Å²) in [6.07, 6.45) is -0.417. The van der Waals surface area contributed by atoms with E-state index in [0.29, 0.717) is 31.0 Å². The van der Waals surface area contributed by atoms with Gasteiger partial charge in [0.25, 0.3) is 5.91 Å². The number of ether oxygens (including phenoxy) is 3. The third-order valence-electron chi connectivity index (χ3n) is 2.92. The highest BCUT2D eigenvalue weighted by Crippen LogP contribution is 2.22. The Morgan fingerprint density at radius 1 is 1.33 bits per heavy atom. The zero-order valence-electron chi connectivity index (χ0n) is 10.6. The highest BCUT2D eigenvalue weighted by molar-refractivity contribution is 5.97. The highest BCUT2D eigenvalue weighted by Gasteiger charge is 2.25. The van der Waals surface area contributed by atoms with Crippen molar-refractivity contribution in [3.63, 3.8) is 0 Å². The molecule has 0 radical (unpaired) electrons. The molecule has 1 amide bonds. The van der Waals surface area contributed by atoms with Gasteiger partial charge in [0.05, 0.1) is 18.7 Å². The van der Waals surface area contributed by atoms with Gasteiger partial charge in [-0.3, -0.25) is 4.79 Å². The third kappa shape index (κ3) is 2.63. The van der Waals surface area contributed by atoms with Crippen molar-refractivity contribution in [2.75, 3.05) is 33.9 Å². The molecular formula is C13H17NO4. The number of para-hydroxylation sites is 1. The fraction of sp³-hybridized carbons (Fsp3) is 0.462. The van der Waals surface area contributed by atoms with E-state index in [9.17, 15) is 4.79 Å². The van der Waals surface area contributed by atoms with Gasteiger partial charge in [0.15, 0.2) is 6.29 Å². The van der Waals surface area contributed by atoms with Crippen LogP contribution in [-0.2, 0) is 9.47 Å². The average Bonchev–Trinajstić information content (AvgIpc) is 2.56. The van der Waals surface area contributed by atoms with Gasteiger partial charge in [-0.25, -0.2) is 0 Å². The van der Waals surface area contributed by atoms with Gasteiger partial charge in [-0.2, -0.15) is 0 Å². The van der Waals surface area contributed by atoms with E-state index in [4.69, 9.17) is 14.2 Å². The normalized spacial score (nSPS) is 15.3. The summed E-state index contributed by atoms with van der Waals surface area (Å²) in [5.74, 6) is 0.582. The van der Waals surface area contributed by atoms with Crippen LogP contribution in [-0.4, -0.2) is 51.0 Å². The van der Waals surface area contributed by atoms with E-state index in [-0.39, 0.29) is 5.91 Å². The number of amides is 1. The van der Waals surface area contributed by atoms with Crippen LogP contribution in [0.1, 0.15) is 10.4 Å². The van der Waals surface area contributed by atoms with Crippen LogP contribution in [0.3, 0.4) is 0 Å². The van der Waals surface area contributed by atoms with Crippen molar-refractivity contribution in [1.82, 2.24) is 4.90 Å². The van der Waals surface area contributed by atoms with Crippen LogP contribution in [0.25, 0.3) is 0 Å². The van der Waals surface area contributed by atoms with Crippen LogP contribution >= 0.6 is 0 Å². The van der Waals surface area contributed by atoms with Crippen molar-refractivity contribution >= 4 is 5.91 Å². The summed E-state index contributed by atoms with van der Waals surface area (Å²) in [7, 11) is 3.11. The third-order valence-corrected chi connectivity index (χ3v) is 2.92. The lowest BCUT2D eigenvalue weighted by Crippen LogP contribution is -2.39. The van der Waals surface area contributed by atoms with Gasteiger partial charge in [0.1, 0.15) is 12.4 Å². The van der Waals surface area contributed by atoms with Gasteiger partial charge in [-0.05, 0) is 12.1 Å². The summed E-state index contributed by atoms with van der Waals surface area (Å²) < 4.78 is 15.8. The molecule has 1 aliphatic rings. The van der Waals surface area contributed by atoms with E-state index in [2.05, 4.69) is 0 Å². The number of hydrogen-bond acceptors (Lipinski definition) is 4. The Kier molecular flexibility index (Phi) is 4.17. The number of carbonyl (C=O) groups excluding carboxylic acids is 1. The zero-order chi connectivity index (χ0) is 13.0. The van der Waals surface area contributed by atoms with Crippen molar-refractivity contribution in [2.45, 2.75) is 6.29 Å². The minimum Gasteiger partial charge on any atom is -0.491 e. The van der Waals surface area contributed by atoms with Crippen LogP contribution in [0.15, 0.2) is 24.3 Å². The zero-order valence-corrected chi connectivity index (χ0v) is 10.6. The van der Waals surface area contributed by atoms with Crippen LogP contribution in [0.4, 0.5) is 0 Å². The predicted octanol–water partition coefficient (Wildman–Crippen LogP) is 1.14. The molecule has 0 N–H and O–H groups in total. The monoisotopic (exact) mass is 251 g/mol. The summed E-state index contributed by atoms with van der Waals surface area (Å²) in [4.78, 5) is 14.0. The lowest BCUT2D eigenvalue weighted by molar-refractivity contribution is -0.112. The first-order valence-electron chi connectivity index (χ1n) is 5.83. The maximum absolute atomic E-state index is 12.3. The Bertz CT molecular complexity index is 417. The van der Waals surface area contributed by atoms with Gasteiger partial charge >= 0.3 is 0 Å². The lowest BCUT2D eigenvalue weighted by Gasteiger charge is -2.24. The Balaban J connectivity index is 2.17. The quantitative estimate of drug-likeness (QED) is 0.753. The molecule has 0 atom stereocenters. The van der Waals surface area contributed by atoms with Crippen molar-refractivity contribution in [3.05, 3.63) is 29.8 Å². The van der Waals surface area contributed by atoms with Gasteiger partial charge in [-0.15, -0.1) is 0 Å². The molecule has 0 saturated heterocycles. The number of methoxy groups -OCH3 is 2. The summed E-state index contributed by atoms with van der Waals surface area (Å²) in [5.41, 5.74) is 0.584. The number of fused-ring (bicyclic) bond motifs is 1. The van der Waals surface area contributed by atoms with Crippen LogP contribution in [0.2, 0.25) is 0 Å². The van der Waals surface area contributed by atoms with Gasteiger partial charge < -0.3 is 19.1 Å². The van der Waals surface area contributed by atoms with Gasteiger partial charge in [0.2, 0.25) is 0 Å². The molecule has 0 unspecified atom stereocenters. The Morgan fingerprint density at radius 3 is 2.78 bits per heavy atom. The smallest absolute Gasteiger partial charge is 0.257 e. The lowest BCUT2D eigenvalue weighted by atomic mass is 10.2. The van der Waals surface area contributed by atoms with Gasteiger partial charge in [0, 0.05) is 14.2 Å². The van der Waals surface area contributed by atoms with E-state index in [1.807, 2.05) is 12.1 Å². The molecule has 1 aromatic carbocycles. The first-order chi connectivity index (χ1) is 8.76. The molecule has 98 valence electrons. The molecule has 0 saturated carbocycles. The second-order valence-electron chi connectivity index (χ2n) is 4.00. The second-order valence-corrected chi connectivity index (χ2v) is 4.00. The van der Waals surface area contributed by atoms with E-state index < -0.39 is 6.29 Å². The molecule has 5 nitrogen and oxygen atoms in total. The number of hydrogen-bond donors (Lipinski definition) is 0. The summed E-state index contributed by atoms with van der Waals surface area (Å²) in [5, 5.41) is 0. The molecule has 1 heterocycles. The molecule has 5 heteroatoms. The van der Waals surface area contributed by atoms with E-state index in [0.717, 1.165) is 0 Å². The van der Waals surface area contributed by atoms with Crippen LogP contribution in [0.5, 0.6) is 5.75 Å². The molecule has 1 aromatic rings. The number of benzene rings is 1. The topological polar surface area (TPSA) is 48.0 Å². The molecule has 1 aliphatic heterocycles. The number of rotatable bonds is 4. The fourth-order valence-electron chi connectivity index (χ4n) is 1.91. The minimum atomic E-state index is -0.417. The van der Waals surface area contributed by atoms with Crippen LogP contribution < -0.4 is 4.74 Å². The van der Waals surface area contributed by atoms with E-state index >= 15 is 0 Å². The Morgan fingerprint density at radius 2 is 2.06 bits per heavy atom. The average molecular weight is 251 g/mol. The van der Waals surface area contributed by atoms with Crippen molar-refractivity contribution in [3.8, 4) is 5.75 Å². The number of nitrogens with zero attached hydrogens (tertiary/aromatic N) is 1. The maximum atomic E-state index is 12.3. The molecule has 18 heavy (non-hydrogen) atoms. The Labute approximate surface area is 106 Å². The van der Waals surface area contributed by atoms with Crippen molar-refractivity contribution < 1.29 is 19.0 Å². The van der Waals surface area contributed by atoms with Crippen LogP contribution in [0, 0.1) is 0 Å². The van der Waals surface area contributed by atoms with E-state index in [1.54, 1.807) is 31.3 Å². The molecule has 0 aliphatic carbocycles. The molecular weight excluding hydrogens is 234 g/mol. The molecule has 0 spiro atoms. The van der Waals surface area contributed by atoms with Crippen molar-refractivity contribution in [2.24, 2.45) is 0 Å². The molecule has 0 aromatic heterocycles. The summed E-state index contributed by atoms with van der Waals surface area (Å²) >= 11 is 0. The molecule has 0 fully saturated rings. The van der Waals surface area contributed by atoms with E-state index in [1.165, 1.54) is 0 Å². The van der Waals surface area contributed by atoms with Gasteiger partial charge in [-0.1, -0.05) is 12.1 Å². The maximum Gasteiger partial charge on any atom is 0.257 e. The fourth-order valence-corrected chi connectivity index (χ4v) is 1.91. The first kappa shape index (κ1) is 12.9. The molecule has 2 rings (SSSR count). The first-order valence-corrected chi connectivity index (χ1v) is 5.83. The highest BCUT2D eigenvalue weighted by atomic mass is 16.7. The molecule has 0 bridgehead atoms. The second kappa shape index (κ2) is 5.84. The summed E-state index contributed by atoms with van der Waals surface area (Å²) in [6, 6.07) is 7.26. The summed E-state index contributed by atoms with van der Waals surface area (Å²) in [6.45, 7) is 1.39. The minimum absolute atomic E-state index is 0.0535. The largest absolute Gasteiger partial charge is 0.491 e. The predicted molar refractivity (Wildman–Crippen MR) is 65.6 cm³/mol. The number of carbonyl (C=O) groups is 1. The standard InChI is InChI=1S/C13H17NO4/c1-16-12(17-2)9-14-7-8-18-11-6-4-3-5-10(11)13(14)15/h3-6,12H,7-9H2,1-2H3.